The second-order valence-corrected chi connectivity index (χ2v) is 6.03. The van der Waals surface area contributed by atoms with Crippen LogP contribution in [0.25, 0.3) is 0 Å². The first-order chi connectivity index (χ1) is 8.78. The van der Waals surface area contributed by atoms with Crippen LogP contribution in [0.4, 0.5) is 0 Å². The number of hydrazine groups is 1. The maximum absolute atomic E-state index is 5.60. The minimum absolute atomic E-state index is 0.471. The van der Waals surface area contributed by atoms with E-state index in [1.807, 2.05) is 0 Å². The van der Waals surface area contributed by atoms with Crippen LogP contribution in [0.5, 0.6) is 0 Å². The SMILES string of the molecule is CC1CCCC(NC(=NC2CCCCC2)NN)C1. The maximum Gasteiger partial charge on any atom is 0.206 e. The van der Waals surface area contributed by atoms with Gasteiger partial charge in [-0.15, -0.1) is 0 Å². The van der Waals surface area contributed by atoms with Crippen molar-refractivity contribution in [1.29, 1.82) is 0 Å². The minimum Gasteiger partial charge on any atom is -0.353 e. The monoisotopic (exact) mass is 252 g/mol. The molecule has 4 N–H and O–H groups in total. The molecule has 0 heterocycles. The number of nitrogens with one attached hydrogen (secondary N) is 2. The third kappa shape index (κ3) is 4.16. The average Bonchev–Trinajstić information content (AvgIpc) is 2.39. The zero-order valence-electron chi connectivity index (χ0n) is 11.6. The molecule has 0 saturated heterocycles. The lowest BCUT2D eigenvalue weighted by Crippen LogP contribution is -2.48. The van der Waals surface area contributed by atoms with E-state index in [4.69, 9.17) is 10.8 Å². The molecule has 0 bridgehead atoms. The first-order valence-electron chi connectivity index (χ1n) is 7.59. The van der Waals surface area contributed by atoms with Crippen molar-refractivity contribution in [3.05, 3.63) is 0 Å². The highest BCUT2D eigenvalue weighted by Crippen LogP contribution is 2.24. The smallest absolute Gasteiger partial charge is 0.206 e. The van der Waals surface area contributed by atoms with Crippen molar-refractivity contribution in [3.63, 3.8) is 0 Å². The summed E-state index contributed by atoms with van der Waals surface area (Å²) in [5.41, 5.74) is 2.75. The van der Waals surface area contributed by atoms with Crippen LogP contribution in [0.3, 0.4) is 0 Å². The van der Waals surface area contributed by atoms with E-state index in [-0.39, 0.29) is 0 Å². The van der Waals surface area contributed by atoms with E-state index in [1.54, 1.807) is 0 Å². The van der Waals surface area contributed by atoms with Gasteiger partial charge in [0.1, 0.15) is 0 Å². The van der Waals surface area contributed by atoms with Crippen molar-refractivity contribution in [1.82, 2.24) is 10.7 Å². The van der Waals surface area contributed by atoms with E-state index in [0.29, 0.717) is 12.1 Å². The number of hydrogen-bond donors (Lipinski definition) is 3. The number of guanidine groups is 1. The van der Waals surface area contributed by atoms with Crippen molar-refractivity contribution in [2.75, 3.05) is 0 Å². The lowest BCUT2D eigenvalue weighted by atomic mass is 9.87. The topological polar surface area (TPSA) is 62.4 Å². The van der Waals surface area contributed by atoms with E-state index < -0.39 is 0 Å². The summed E-state index contributed by atoms with van der Waals surface area (Å²) in [5.74, 6) is 7.23. The summed E-state index contributed by atoms with van der Waals surface area (Å²) in [6.07, 6.45) is 11.6. The predicted molar refractivity (Wildman–Crippen MR) is 76.2 cm³/mol. The van der Waals surface area contributed by atoms with Gasteiger partial charge >= 0.3 is 0 Å². The number of rotatable bonds is 2. The second-order valence-electron chi connectivity index (χ2n) is 6.03. The number of aliphatic imine (C=N–C) groups is 1. The van der Waals surface area contributed by atoms with E-state index in [2.05, 4.69) is 17.7 Å². The Morgan fingerprint density at radius 2 is 1.83 bits per heavy atom. The highest BCUT2D eigenvalue weighted by atomic mass is 15.3. The molecule has 2 atom stereocenters. The Hall–Kier alpha value is -0.770. The van der Waals surface area contributed by atoms with Gasteiger partial charge in [0.05, 0.1) is 6.04 Å². The summed E-state index contributed by atoms with van der Waals surface area (Å²) in [7, 11) is 0. The Morgan fingerprint density at radius 1 is 1.06 bits per heavy atom. The van der Waals surface area contributed by atoms with Crippen LogP contribution in [0.1, 0.15) is 64.7 Å². The van der Waals surface area contributed by atoms with E-state index in [9.17, 15) is 0 Å². The third-order valence-corrected chi connectivity index (χ3v) is 4.30. The van der Waals surface area contributed by atoms with Gasteiger partial charge in [0.25, 0.3) is 0 Å². The van der Waals surface area contributed by atoms with Gasteiger partial charge in [-0.1, -0.05) is 39.0 Å². The molecule has 4 heteroatoms. The molecule has 104 valence electrons. The minimum atomic E-state index is 0.471. The van der Waals surface area contributed by atoms with Gasteiger partial charge in [0, 0.05) is 6.04 Å². The largest absolute Gasteiger partial charge is 0.353 e. The summed E-state index contributed by atoms with van der Waals surface area (Å²) in [6, 6.07) is 1.02. The molecule has 2 saturated carbocycles. The Balaban J connectivity index is 1.85. The summed E-state index contributed by atoms with van der Waals surface area (Å²) < 4.78 is 0. The fourth-order valence-corrected chi connectivity index (χ4v) is 3.27. The van der Waals surface area contributed by atoms with Crippen LogP contribution in [0, 0.1) is 5.92 Å². The molecule has 0 spiro atoms. The molecule has 0 radical (unpaired) electrons. The molecule has 4 nitrogen and oxygen atoms in total. The van der Waals surface area contributed by atoms with E-state index >= 15 is 0 Å². The van der Waals surface area contributed by atoms with Gasteiger partial charge in [-0.3, -0.25) is 5.43 Å². The summed E-state index contributed by atoms with van der Waals surface area (Å²) >= 11 is 0. The Morgan fingerprint density at radius 3 is 2.50 bits per heavy atom. The van der Waals surface area contributed by atoms with Crippen LogP contribution < -0.4 is 16.6 Å². The van der Waals surface area contributed by atoms with Crippen molar-refractivity contribution < 1.29 is 0 Å². The molecule has 0 aromatic rings. The molecule has 2 unspecified atom stereocenters. The van der Waals surface area contributed by atoms with Gasteiger partial charge in [-0.05, 0) is 31.6 Å². The molecule has 2 fully saturated rings. The standard InChI is InChI=1S/C14H28N4/c1-11-6-5-9-13(10-11)17-14(18-15)16-12-7-3-2-4-8-12/h11-13H,2-10,15H2,1H3,(H2,16,17,18). The number of nitrogens with two attached hydrogens (primary N) is 1. The summed E-state index contributed by atoms with van der Waals surface area (Å²) in [5, 5.41) is 3.50. The van der Waals surface area contributed by atoms with E-state index in [0.717, 1.165) is 11.9 Å². The summed E-state index contributed by atoms with van der Waals surface area (Å²) in [4.78, 5) is 4.74. The fraction of sp³-hybridized carbons (Fsp3) is 0.929. The molecular weight excluding hydrogens is 224 g/mol. The van der Waals surface area contributed by atoms with Crippen LogP contribution >= 0.6 is 0 Å². The van der Waals surface area contributed by atoms with Crippen LogP contribution in [0.2, 0.25) is 0 Å². The molecule has 0 aromatic heterocycles. The van der Waals surface area contributed by atoms with Gasteiger partial charge in [0.2, 0.25) is 5.96 Å². The zero-order valence-corrected chi connectivity index (χ0v) is 11.6. The molecule has 18 heavy (non-hydrogen) atoms. The van der Waals surface area contributed by atoms with E-state index in [1.165, 1.54) is 57.8 Å². The number of nitrogens with zero attached hydrogens (tertiary/aromatic N) is 1. The lowest BCUT2D eigenvalue weighted by Gasteiger charge is -2.29. The molecule has 0 aliphatic heterocycles. The predicted octanol–water partition coefficient (Wildman–Crippen LogP) is 2.31. The maximum atomic E-state index is 5.60. The Kier molecular flexibility index (Phi) is 5.29. The molecule has 0 amide bonds. The molecule has 0 aromatic carbocycles. The molecular formula is C14H28N4. The highest BCUT2D eigenvalue weighted by Gasteiger charge is 2.20. The van der Waals surface area contributed by atoms with Crippen LogP contribution in [-0.2, 0) is 0 Å². The van der Waals surface area contributed by atoms with Gasteiger partial charge in [-0.25, -0.2) is 10.8 Å². The fourth-order valence-electron chi connectivity index (χ4n) is 3.27. The Bertz CT molecular complexity index is 271. The van der Waals surface area contributed by atoms with Crippen molar-refractivity contribution in [3.8, 4) is 0 Å². The van der Waals surface area contributed by atoms with Crippen molar-refractivity contribution in [2.24, 2.45) is 16.8 Å². The van der Waals surface area contributed by atoms with Gasteiger partial charge in [-0.2, -0.15) is 0 Å². The number of hydrogen-bond acceptors (Lipinski definition) is 2. The average molecular weight is 252 g/mol. The van der Waals surface area contributed by atoms with Gasteiger partial charge < -0.3 is 5.32 Å². The van der Waals surface area contributed by atoms with Gasteiger partial charge in [0.15, 0.2) is 0 Å². The normalized spacial score (nSPS) is 31.1. The van der Waals surface area contributed by atoms with Crippen LogP contribution in [-0.4, -0.2) is 18.0 Å². The molecule has 2 rings (SSSR count). The quantitative estimate of drug-likeness (QED) is 0.306. The lowest BCUT2D eigenvalue weighted by molar-refractivity contribution is 0.323. The summed E-state index contributed by atoms with van der Waals surface area (Å²) in [6.45, 7) is 2.33. The second kappa shape index (κ2) is 6.98. The van der Waals surface area contributed by atoms with Crippen LogP contribution in [0.15, 0.2) is 4.99 Å². The van der Waals surface area contributed by atoms with Crippen molar-refractivity contribution >= 4 is 5.96 Å². The molecule has 2 aliphatic carbocycles. The first kappa shape index (κ1) is 13.7. The Labute approximate surface area is 111 Å². The molecule has 2 aliphatic rings. The first-order valence-corrected chi connectivity index (χ1v) is 7.59. The highest BCUT2D eigenvalue weighted by molar-refractivity contribution is 5.79. The third-order valence-electron chi connectivity index (χ3n) is 4.30. The zero-order chi connectivity index (χ0) is 12.8. The van der Waals surface area contributed by atoms with Crippen molar-refractivity contribution in [2.45, 2.75) is 76.8 Å².